The third-order valence-corrected chi connectivity index (χ3v) is 2.12. The van der Waals surface area contributed by atoms with Crippen molar-refractivity contribution in [1.29, 1.82) is 0 Å². The van der Waals surface area contributed by atoms with Gasteiger partial charge >= 0.3 is 0 Å². The van der Waals surface area contributed by atoms with E-state index in [2.05, 4.69) is 4.98 Å². The number of carbonyl (C=O) groups excluding carboxylic acids is 1. The zero-order chi connectivity index (χ0) is 10.7. The van der Waals surface area contributed by atoms with Crippen molar-refractivity contribution in [3.8, 4) is 11.1 Å². The number of carbonyl (C=O) groups is 1. The molecule has 0 saturated carbocycles. The molecule has 0 atom stereocenters. The van der Waals surface area contributed by atoms with Gasteiger partial charge in [0.1, 0.15) is 6.29 Å². The normalized spacial score (nSPS) is 9.93. The van der Waals surface area contributed by atoms with Crippen molar-refractivity contribution in [3.63, 3.8) is 0 Å². The van der Waals surface area contributed by atoms with Crippen LogP contribution < -0.4 is 0 Å². The lowest BCUT2D eigenvalue weighted by Gasteiger charge is -2.01. The molecule has 0 spiro atoms. The summed E-state index contributed by atoms with van der Waals surface area (Å²) in [5.41, 5.74) is 1.73. The van der Waals surface area contributed by atoms with Crippen LogP contribution in [-0.2, 0) is 0 Å². The lowest BCUT2D eigenvalue weighted by Crippen LogP contribution is -1.88. The summed E-state index contributed by atoms with van der Waals surface area (Å²) in [7, 11) is 0. The van der Waals surface area contributed by atoms with E-state index in [0.717, 1.165) is 6.29 Å². The Kier molecular flexibility index (Phi) is 2.54. The Morgan fingerprint density at radius 1 is 1.13 bits per heavy atom. The van der Waals surface area contributed by atoms with E-state index in [9.17, 15) is 9.18 Å². The van der Waals surface area contributed by atoms with Crippen LogP contribution >= 0.6 is 0 Å². The lowest BCUT2D eigenvalue weighted by atomic mass is 10.1. The van der Waals surface area contributed by atoms with Gasteiger partial charge in [-0.2, -0.15) is 4.39 Å². The van der Waals surface area contributed by atoms with E-state index in [-0.39, 0.29) is 0 Å². The van der Waals surface area contributed by atoms with Gasteiger partial charge in [0.2, 0.25) is 5.95 Å². The number of hydrogen-bond acceptors (Lipinski definition) is 2. The van der Waals surface area contributed by atoms with Gasteiger partial charge in [-0.25, -0.2) is 4.98 Å². The number of halogens is 1. The fourth-order valence-corrected chi connectivity index (χ4v) is 1.34. The van der Waals surface area contributed by atoms with Gasteiger partial charge in [-0.3, -0.25) is 4.79 Å². The number of benzene rings is 1. The molecule has 15 heavy (non-hydrogen) atoms. The number of aromatic nitrogens is 1. The van der Waals surface area contributed by atoms with Crippen molar-refractivity contribution in [2.75, 3.05) is 0 Å². The maximum absolute atomic E-state index is 13.3. The van der Waals surface area contributed by atoms with Gasteiger partial charge in [0.05, 0.1) is 0 Å². The number of aldehydes is 1. The van der Waals surface area contributed by atoms with Crippen LogP contribution in [0.2, 0.25) is 0 Å². The molecule has 1 aromatic heterocycles. The fraction of sp³-hybridized carbons (Fsp3) is 0. The molecule has 1 heterocycles. The predicted octanol–water partition coefficient (Wildman–Crippen LogP) is 2.70. The van der Waals surface area contributed by atoms with Crippen LogP contribution in [0.4, 0.5) is 4.39 Å². The van der Waals surface area contributed by atoms with E-state index in [4.69, 9.17) is 0 Å². The molecule has 0 N–H and O–H groups in total. The first-order valence-corrected chi connectivity index (χ1v) is 4.47. The van der Waals surface area contributed by atoms with Crippen LogP contribution in [0.5, 0.6) is 0 Å². The maximum Gasteiger partial charge on any atom is 0.220 e. The second kappa shape index (κ2) is 4.00. The summed E-state index contributed by atoms with van der Waals surface area (Å²) in [5, 5.41) is 0. The molecule has 0 bridgehead atoms. The molecule has 0 unspecified atom stereocenters. The number of nitrogens with zero attached hydrogens (tertiary/aromatic N) is 1. The molecule has 0 saturated heterocycles. The highest BCUT2D eigenvalue weighted by atomic mass is 19.1. The number of pyridine rings is 1. The topological polar surface area (TPSA) is 30.0 Å². The molecule has 0 aliphatic rings. The van der Waals surface area contributed by atoms with Crippen LogP contribution in [0.1, 0.15) is 10.4 Å². The van der Waals surface area contributed by atoms with Gasteiger partial charge in [-0.15, -0.1) is 0 Å². The van der Waals surface area contributed by atoms with Crippen LogP contribution in [0.3, 0.4) is 0 Å². The second-order valence-electron chi connectivity index (χ2n) is 3.08. The van der Waals surface area contributed by atoms with Crippen molar-refractivity contribution in [2.45, 2.75) is 0 Å². The molecule has 0 amide bonds. The zero-order valence-corrected chi connectivity index (χ0v) is 7.85. The molecule has 2 aromatic rings. The highest BCUT2D eigenvalue weighted by Crippen LogP contribution is 2.20. The Morgan fingerprint density at radius 3 is 2.47 bits per heavy atom. The molecule has 1 aromatic carbocycles. The van der Waals surface area contributed by atoms with Crippen molar-refractivity contribution in [2.24, 2.45) is 0 Å². The van der Waals surface area contributed by atoms with E-state index in [0.29, 0.717) is 16.7 Å². The summed E-state index contributed by atoms with van der Waals surface area (Å²) in [5.74, 6) is -0.503. The summed E-state index contributed by atoms with van der Waals surface area (Å²) in [6.45, 7) is 0. The summed E-state index contributed by atoms with van der Waals surface area (Å²) < 4.78 is 13.3. The minimum Gasteiger partial charge on any atom is -0.298 e. The number of rotatable bonds is 2. The summed E-state index contributed by atoms with van der Waals surface area (Å²) in [6.07, 6.45) is 2.15. The van der Waals surface area contributed by atoms with E-state index < -0.39 is 5.95 Å². The first-order chi connectivity index (χ1) is 7.31. The molecule has 0 radical (unpaired) electrons. The third kappa shape index (κ3) is 1.91. The van der Waals surface area contributed by atoms with Crippen LogP contribution in [0, 0.1) is 5.95 Å². The van der Waals surface area contributed by atoms with E-state index >= 15 is 0 Å². The van der Waals surface area contributed by atoms with Crippen molar-refractivity contribution in [1.82, 2.24) is 4.98 Å². The summed E-state index contributed by atoms with van der Waals surface area (Å²) in [6, 6.07) is 10.0. The Morgan fingerprint density at radius 2 is 1.87 bits per heavy atom. The van der Waals surface area contributed by atoms with Gasteiger partial charge in [-0.05, 0) is 17.7 Å². The van der Waals surface area contributed by atoms with E-state index in [1.165, 1.54) is 6.20 Å². The van der Waals surface area contributed by atoms with Crippen molar-refractivity contribution in [3.05, 3.63) is 54.1 Å². The lowest BCUT2D eigenvalue weighted by molar-refractivity contribution is 0.112. The van der Waals surface area contributed by atoms with Gasteiger partial charge < -0.3 is 0 Å². The quantitative estimate of drug-likeness (QED) is 0.552. The highest BCUT2D eigenvalue weighted by molar-refractivity contribution is 5.76. The maximum atomic E-state index is 13.3. The minimum atomic E-state index is -0.503. The van der Waals surface area contributed by atoms with E-state index in [1.807, 2.05) is 0 Å². The van der Waals surface area contributed by atoms with Crippen molar-refractivity contribution >= 4 is 6.29 Å². The van der Waals surface area contributed by atoms with Crippen molar-refractivity contribution < 1.29 is 9.18 Å². The van der Waals surface area contributed by atoms with Gasteiger partial charge in [0, 0.05) is 17.3 Å². The smallest absolute Gasteiger partial charge is 0.220 e. The highest BCUT2D eigenvalue weighted by Gasteiger charge is 2.04. The van der Waals surface area contributed by atoms with Gasteiger partial charge in [0.25, 0.3) is 0 Å². The monoisotopic (exact) mass is 201 g/mol. The Bertz CT molecular complexity index is 479. The molecule has 3 heteroatoms. The number of hydrogen-bond donors (Lipinski definition) is 0. The largest absolute Gasteiger partial charge is 0.298 e. The third-order valence-electron chi connectivity index (χ3n) is 2.12. The van der Waals surface area contributed by atoms with E-state index in [1.54, 1.807) is 36.4 Å². The minimum absolute atomic E-state index is 0.440. The average Bonchev–Trinajstić information content (AvgIpc) is 2.30. The SMILES string of the molecule is O=Cc1ccc(-c2cccnc2F)cc1. The first kappa shape index (κ1) is 9.52. The average molecular weight is 201 g/mol. The molecule has 0 aliphatic carbocycles. The molecule has 2 rings (SSSR count). The Labute approximate surface area is 86.4 Å². The van der Waals surface area contributed by atoms with Crippen LogP contribution in [0.15, 0.2) is 42.6 Å². The summed E-state index contributed by atoms with van der Waals surface area (Å²) in [4.78, 5) is 14.0. The fourth-order valence-electron chi connectivity index (χ4n) is 1.34. The molecule has 74 valence electrons. The molecule has 0 fully saturated rings. The Hall–Kier alpha value is -2.03. The molecular weight excluding hydrogens is 193 g/mol. The second-order valence-corrected chi connectivity index (χ2v) is 3.08. The molecular formula is C12H8FNO. The van der Waals surface area contributed by atoms with Gasteiger partial charge in [0.15, 0.2) is 0 Å². The Balaban J connectivity index is 2.46. The zero-order valence-electron chi connectivity index (χ0n) is 7.85. The summed E-state index contributed by atoms with van der Waals surface area (Å²) >= 11 is 0. The molecule has 0 aliphatic heterocycles. The van der Waals surface area contributed by atoms with Crippen LogP contribution in [-0.4, -0.2) is 11.3 Å². The standard InChI is InChI=1S/C12H8FNO/c13-12-11(2-1-7-14-12)10-5-3-9(8-15)4-6-10/h1-8H. The molecule has 2 nitrogen and oxygen atoms in total. The van der Waals surface area contributed by atoms with Crippen LogP contribution in [0.25, 0.3) is 11.1 Å². The van der Waals surface area contributed by atoms with Gasteiger partial charge in [-0.1, -0.05) is 24.3 Å². The first-order valence-electron chi connectivity index (χ1n) is 4.47. The predicted molar refractivity (Wildman–Crippen MR) is 55.0 cm³/mol.